The maximum atomic E-state index is 12.5. The molecule has 1 spiro atoms. The van der Waals surface area contributed by atoms with Crippen LogP contribution in [0.5, 0.6) is 0 Å². The van der Waals surface area contributed by atoms with Gasteiger partial charge >= 0.3 is 12.0 Å². The van der Waals surface area contributed by atoms with Crippen LogP contribution in [-0.2, 0) is 9.59 Å². The third-order valence-electron chi connectivity index (χ3n) is 4.37. The first-order valence-electron chi connectivity index (χ1n) is 7.57. The van der Waals surface area contributed by atoms with Crippen molar-refractivity contribution < 1.29 is 19.5 Å². The molecule has 2 rings (SSSR count). The Kier molecular flexibility index (Phi) is 5.02. The minimum Gasteiger partial charge on any atom is -0.481 e. The van der Waals surface area contributed by atoms with Crippen LogP contribution in [0.4, 0.5) is 4.79 Å². The van der Waals surface area contributed by atoms with Gasteiger partial charge in [-0.1, -0.05) is 0 Å². The maximum Gasteiger partial charge on any atom is 0.325 e. The van der Waals surface area contributed by atoms with Gasteiger partial charge in [0.05, 0.1) is 6.42 Å². The molecule has 124 valence electrons. The summed E-state index contributed by atoms with van der Waals surface area (Å²) in [4.78, 5) is 40.5. The zero-order chi connectivity index (χ0) is 16.3. The number of carbonyl (C=O) groups is 3. The van der Waals surface area contributed by atoms with Gasteiger partial charge in [-0.25, -0.2) is 4.79 Å². The van der Waals surface area contributed by atoms with Gasteiger partial charge in [-0.15, -0.1) is 0 Å². The number of hydrogen-bond donors (Lipinski definition) is 2. The SMILES string of the molecule is CN(C)CCN1CCC2(CC1)NC(=O)N(CCC(=O)O)C2=O. The highest BCUT2D eigenvalue weighted by Crippen LogP contribution is 2.29. The number of hydrogen-bond acceptors (Lipinski definition) is 5. The number of likely N-dealkylation sites (tertiary alicyclic amines) is 1. The molecule has 22 heavy (non-hydrogen) atoms. The van der Waals surface area contributed by atoms with E-state index in [-0.39, 0.29) is 18.9 Å². The Morgan fingerprint density at radius 2 is 1.91 bits per heavy atom. The minimum atomic E-state index is -1.01. The van der Waals surface area contributed by atoms with E-state index in [1.807, 2.05) is 14.1 Å². The van der Waals surface area contributed by atoms with Crippen LogP contribution in [0, 0.1) is 0 Å². The van der Waals surface area contributed by atoms with Gasteiger partial charge in [0, 0.05) is 32.7 Å². The topological polar surface area (TPSA) is 93.2 Å². The Bertz CT molecular complexity index is 458. The summed E-state index contributed by atoms with van der Waals surface area (Å²) in [5.41, 5.74) is -0.829. The van der Waals surface area contributed by atoms with Crippen LogP contribution in [0.2, 0.25) is 0 Å². The fourth-order valence-corrected chi connectivity index (χ4v) is 2.93. The molecule has 2 aliphatic heterocycles. The molecule has 0 aromatic rings. The standard InChI is InChI=1S/C14H24N4O4/c1-16(2)9-10-17-7-4-14(5-8-17)12(21)18(13(22)15-14)6-3-11(19)20/h3-10H2,1-2H3,(H,15,22)(H,19,20). The van der Waals surface area contributed by atoms with Crippen LogP contribution in [0.15, 0.2) is 0 Å². The number of aliphatic carboxylic acids is 1. The maximum absolute atomic E-state index is 12.5. The molecule has 0 aromatic carbocycles. The average molecular weight is 312 g/mol. The van der Waals surface area contributed by atoms with Crippen LogP contribution in [0.1, 0.15) is 19.3 Å². The molecule has 2 N–H and O–H groups in total. The van der Waals surface area contributed by atoms with Crippen LogP contribution in [0.3, 0.4) is 0 Å². The second kappa shape index (κ2) is 6.62. The summed E-state index contributed by atoms with van der Waals surface area (Å²) in [6.45, 7) is 3.34. The number of urea groups is 1. The van der Waals surface area contributed by atoms with E-state index in [0.717, 1.165) is 31.1 Å². The first-order valence-corrected chi connectivity index (χ1v) is 7.57. The van der Waals surface area contributed by atoms with E-state index in [9.17, 15) is 14.4 Å². The predicted molar refractivity (Wildman–Crippen MR) is 79.5 cm³/mol. The average Bonchev–Trinajstić information content (AvgIpc) is 2.67. The molecule has 2 saturated heterocycles. The van der Waals surface area contributed by atoms with E-state index >= 15 is 0 Å². The molecule has 2 fully saturated rings. The van der Waals surface area contributed by atoms with Crippen molar-refractivity contribution in [1.82, 2.24) is 20.0 Å². The molecule has 3 amide bonds. The number of likely N-dealkylation sites (N-methyl/N-ethyl adjacent to an activating group) is 1. The number of carboxylic acid groups (broad SMARTS) is 1. The molecular weight excluding hydrogens is 288 g/mol. The molecule has 0 aliphatic carbocycles. The van der Waals surface area contributed by atoms with Crippen molar-refractivity contribution in [3.63, 3.8) is 0 Å². The van der Waals surface area contributed by atoms with Crippen LogP contribution in [0.25, 0.3) is 0 Å². The number of piperidine rings is 1. The molecule has 8 nitrogen and oxygen atoms in total. The molecule has 0 unspecified atom stereocenters. The quantitative estimate of drug-likeness (QED) is 0.637. The summed E-state index contributed by atoms with van der Waals surface area (Å²) in [7, 11) is 4.04. The molecule has 8 heteroatoms. The number of imide groups is 1. The molecular formula is C14H24N4O4. The fraction of sp³-hybridized carbons (Fsp3) is 0.786. The van der Waals surface area contributed by atoms with Crippen LogP contribution >= 0.6 is 0 Å². The smallest absolute Gasteiger partial charge is 0.325 e. The highest BCUT2D eigenvalue weighted by molar-refractivity contribution is 6.07. The van der Waals surface area contributed by atoms with Gasteiger partial charge in [-0.05, 0) is 26.9 Å². The second-order valence-corrected chi connectivity index (χ2v) is 6.26. The highest BCUT2D eigenvalue weighted by atomic mass is 16.4. The third kappa shape index (κ3) is 3.56. The Morgan fingerprint density at radius 3 is 2.45 bits per heavy atom. The normalized spacial score (nSPS) is 21.7. The van der Waals surface area contributed by atoms with Crippen molar-refractivity contribution in [2.45, 2.75) is 24.8 Å². The second-order valence-electron chi connectivity index (χ2n) is 6.26. The van der Waals surface area contributed by atoms with Crippen LogP contribution < -0.4 is 5.32 Å². The van der Waals surface area contributed by atoms with Gasteiger partial charge in [-0.3, -0.25) is 14.5 Å². The Labute approximate surface area is 130 Å². The number of nitrogens with one attached hydrogen (secondary N) is 1. The number of carboxylic acids is 1. The number of carbonyl (C=O) groups excluding carboxylic acids is 2. The highest BCUT2D eigenvalue weighted by Gasteiger charge is 2.52. The lowest BCUT2D eigenvalue weighted by Crippen LogP contribution is -2.55. The van der Waals surface area contributed by atoms with E-state index in [2.05, 4.69) is 15.1 Å². The monoisotopic (exact) mass is 312 g/mol. The lowest BCUT2D eigenvalue weighted by molar-refractivity contribution is -0.138. The summed E-state index contributed by atoms with van der Waals surface area (Å²) in [5.74, 6) is -1.29. The Hall–Kier alpha value is -1.67. The van der Waals surface area contributed by atoms with Crippen molar-refractivity contribution in [2.24, 2.45) is 0 Å². The zero-order valence-corrected chi connectivity index (χ0v) is 13.2. The van der Waals surface area contributed by atoms with E-state index < -0.39 is 17.5 Å². The zero-order valence-electron chi connectivity index (χ0n) is 13.2. The van der Waals surface area contributed by atoms with E-state index in [1.54, 1.807) is 0 Å². The lowest BCUT2D eigenvalue weighted by Gasteiger charge is -2.37. The van der Waals surface area contributed by atoms with Gasteiger partial charge in [0.2, 0.25) is 0 Å². The van der Waals surface area contributed by atoms with E-state index in [1.165, 1.54) is 0 Å². The van der Waals surface area contributed by atoms with Gasteiger partial charge in [0.15, 0.2) is 0 Å². The first kappa shape index (κ1) is 16.7. The number of nitrogens with zero attached hydrogens (tertiary/aromatic N) is 3. The summed E-state index contributed by atoms with van der Waals surface area (Å²) >= 11 is 0. The minimum absolute atomic E-state index is 0.0634. The van der Waals surface area contributed by atoms with E-state index in [0.29, 0.717) is 12.8 Å². The molecule has 0 radical (unpaired) electrons. The molecule has 0 saturated carbocycles. The summed E-state index contributed by atoms with van der Waals surface area (Å²) < 4.78 is 0. The van der Waals surface area contributed by atoms with Crippen molar-refractivity contribution in [2.75, 3.05) is 46.8 Å². The van der Waals surface area contributed by atoms with Gasteiger partial charge < -0.3 is 20.2 Å². The Morgan fingerprint density at radius 1 is 1.27 bits per heavy atom. The van der Waals surface area contributed by atoms with Crippen molar-refractivity contribution in [3.05, 3.63) is 0 Å². The van der Waals surface area contributed by atoms with Crippen molar-refractivity contribution >= 4 is 17.9 Å². The fourth-order valence-electron chi connectivity index (χ4n) is 2.93. The van der Waals surface area contributed by atoms with Crippen LogP contribution in [-0.4, -0.2) is 90.1 Å². The number of rotatable bonds is 6. The summed E-state index contributed by atoms with van der Waals surface area (Å²) in [6.07, 6.45) is 0.938. The molecule has 0 atom stereocenters. The predicted octanol–water partition coefficient (Wildman–Crippen LogP) is -0.591. The molecule has 0 aromatic heterocycles. The van der Waals surface area contributed by atoms with Gasteiger partial charge in [0.1, 0.15) is 5.54 Å². The summed E-state index contributed by atoms with van der Waals surface area (Å²) in [6, 6.07) is -0.465. The van der Waals surface area contributed by atoms with Crippen molar-refractivity contribution in [3.8, 4) is 0 Å². The number of amides is 3. The lowest BCUT2D eigenvalue weighted by atomic mass is 9.87. The van der Waals surface area contributed by atoms with Gasteiger partial charge in [0.25, 0.3) is 5.91 Å². The molecule has 0 bridgehead atoms. The molecule has 2 aliphatic rings. The largest absolute Gasteiger partial charge is 0.481 e. The third-order valence-corrected chi connectivity index (χ3v) is 4.37. The Balaban J connectivity index is 1.92. The summed E-state index contributed by atoms with van der Waals surface area (Å²) in [5, 5.41) is 11.5. The van der Waals surface area contributed by atoms with Gasteiger partial charge in [-0.2, -0.15) is 0 Å². The van der Waals surface area contributed by atoms with Crippen molar-refractivity contribution in [1.29, 1.82) is 0 Å². The first-order chi connectivity index (χ1) is 10.3. The van der Waals surface area contributed by atoms with E-state index in [4.69, 9.17) is 5.11 Å². The molecule has 2 heterocycles.